The minimum absolute atomic E-state index is 1.08. The number of benzene rings is 10. The third-order valence-electron chi connectivity index (χ3n) is 11.8. The maximum atomic E-state index is 2.45. The monoisotopic (exact) mass is 764 g/mol. The number of anilines is 3. The number of hydrogen-bond acceptors (Lipinski definition) is 1. The van der Waals surface area contributed by atoms with Crippen LogP contribution in [0.5, 0.6) is 0 Å². The molecule has 10 aromatic carbocycles. The zero-order valence-corrected chi connectivity index (χ0v) is 33.0. The highest BCUT2D eigenvalue weighted by Crippen LogP contribution is 2.45. The third-order valence-corrected chi connectivity index (χ3v) is 11.8. The lowest BCUT2D eigenvalue weighted by Gasteiger charge is -2.27. The topological polar surface area (TPSA) is 8.17 Å². The second-order valence-corrected chi connectivity index (χ2v) is 15.3. The maximum Gasteiger partial charge on any atom is 0.0562 e. The summed E-state index contributed by atoms with van der Waals surface area (Å²) in [6.45, 7) is 0. The van der Waals surface area contributed by atoms with Gasteiger partial charge in [0.25, 0.3) is 0 Å². The molecule has 0 N–H and O–H groups in total. The van der Waals surface area contributed by atoms with E-state index in [0.717, 1.165) is 28.3 Å². The second kappa shape index (κ2) is 15.1. The molecular weight excluding hydrogens is 725 g/mol. The summed E-state index contributed by atoms with van der Waals surface area (Å²) in [7, 11) is 0. The Kier molecular flexibility index (Phi) is 8.87. The van der Waals surface area contributed by atoms with Crippen LogP contribution in [0.2, 0.25) is 0 Å². The zero-order chi connectivity index (χ0) is 39.8. The molecule has 0 aliphatic rings. The van der Waals surface area contributed by atoms with Crippen LogP contribution in [0.25, 0.3) is 82.8 Å². The fraction of sp³-hybridized carbons (Fsp3) is 0. The Labute approximate surface area is 350 Å². The number of aromatic nitrogens is 1. The van der Waals surface area contributed by atoms with Gasteiger partial charge in [0.2, 0.25) is 0 Å². The van der Waals surface area contributed by atoms with Crippen molar-refractivity contribution in [1.29, 1.82) is 0 Å². The fourth-order valence-electron chi connectivity index (χ4n) is 8.99. The molecule has 0 unspecified atom stereocenters. The van der Waals surface area contributed by atoms with Crippen LogP contribution in [0.4, 0.5) is 17.1 Å². The summed E-state index contributed by atoms with van der Waals surface area (Å²) in [6, 6.07) is 88.0. The highest BCUT2D eigenvalue weighted by atomic mass is 15.1. The van der Waals surface area contributed by atoms with E-state index < -0.39 is 0 Å². The Morgan fingerprint density at radius 1 is 0.267 bits per heavy atom. The molecule has 0 saturated heterocycles. The Bertz CT molecular complexity index is 3290. The number of rotatable bonds is 8. The molecule has 1 aromatic heterocycles. The summed E-state index contributed by atoms with van der Waals surface area (Å²) >= 11 is 0. The highest BCUT2D eigenvalue weighted by Gasteiger charge is 2.21. The Hall–Kier alpha value is -7.94. The first-order valence-electron chi connectivity index (χ1n) is 20.6. The van der Waals surface area contributed by atoms with Gasteiger partial charge in [0, 0.05) is 33.4 Å². The summed E-state index contributed by atoms with van der Waals surface area (Å²) in [5.74, 6) is 0. The first-order chi connectivity index (χ1) is 29.8. The molecule has 0 saturated carbocycles. The standard InChI is InChI=1S/C58H40N2/c1-4-17-41(18-5-1)42-31-33-46(34-32-42)59(47-35-37-50(43-19-6-2-7-20-43)55(39-47)52-28-16-24-44-23-10-11-25-49(44)52)48-36-38-54-53-27-13-15-30-57(53)60(58(54)40-48)56-29-14-12-26-51(56)45-21-8-3-9-22-45/h1-40H. The van der Waals surface area contributed by atoms with Gasteiger partial charge in [-0.1, -0.05) is 194 Å². The van der Waals surface area contributed by atoms with Gasteiger partial charge in [-0.3, -0.25) is 0 Å². The van der Waals surface area contributed by atoms with Crippen LogP contribution in [-0.2, 0) is 0 Å². The van der Waals surface area contributed by atoms with Gasteiger partial charge in [-0.15, -0.1) is 0 Å². The first kappa shape index (κ1) is 35.2. The van der Waals surface area contributed by atoms with Crippen LogP contribution >= 0.6 is 0 Å². The van der Waals surface area contributed by atoms with Crippen molar-refractivity contribution < 1.29 is 0 Å². The molecule has 0 aliphatic carbocycles. The van der Waals surface area contributed by atoms with Crippen molar-refractivity contribution >= 4 is 49.6 Å². The molecule has 0 atom stereocenters. The number of hydrogen-bond donors (Lipinski definition) is 0. The Morgan fingerprint density at radius 2 is 0.783 bits per heavy atom. The van der Waals surface area contributed by atoms with E-state index in [9.17, 15) is 0 Å². The largest absolute Gasteiger partial charge is 0.310 e. The smallest absolute Gasteiger partial charge is 0.0562 e. The van der Waals surface area contributed by atoms with Gasteiger partial charge in [0.1, 0.15) is 0 Å². The summed E-state index contributed by atoms with van der Waals surface area (Å²) in [5, 5.41) is 4.90. The summed E-state index contributed by atoms with van der Waals surface area (Å²) < 4.78 is 2.45. The normalized spacial score (nSPS) is 11.3. The van der Waals surface area contributed by atoms with Crippen molar-refractivity contribution in [3.63, 3.8) is 0 Å². The predicted molar refractivity (Wildman–Crippen MR) is 255 cm³/mol. The minimum atomic E-state index is 1.08. The van der Waals surface area contributed by atoms with E-state index >= 15 is 0 Å². The average Bonchev–Trinajstić information content (AvgIpc) is 3.66. The molecule has 2 heteroatoms. The maximum absolute atomic E-state index is 2.45. The van der Waals surface area contributed by atoms with Crippen LogP contribution in [0.1, 0.15) is 0 Å². The molecule has 0 bridgehead atoms. The van der Waals surface area contributed by atoms with Crippen molar-refractivity contribution in [3.05, 3.63) is 243 Å². The van der Waals surface area contributed by atoms with Gasteiger partial charge in [0.05, 0.1) is 16.7 Å². The van der Waals surface area contributed by atoms with E-state index in [1.54, 1.807) is 0 Å². The molecule has 1 heterocycles. The van der Waals surface area contributed by atoms with Gasteiger partial charge in [-0.05, 0) is 98.2 Å². The molecule has 0 fully saturated rings. The zero-order valence-electron chi connectivity index (χ0n) is 33.0. The van der Waals surface area contributed by atoms with Crippen LogP contribution in [0, 0.1) is 0 Å². The summed E-state index contributed by atoms with van der Waals surface area (Å²) in [6.07, 6.45) is 0. The van der Waals surface area contributed by atoms with Crippen LogP contribution in [0.3, 0.4) is 0 Å². The van der Waals surface area contributed by atoms with Gasteiger partial charge >= 0.3 is 0 Å². The number of fused-ring (bicyclic) bond motifs is 4. The van der Waals surface area contributed by atoms with E-state index in [0.29, 0.717) is 0 Å². The molecular formula is C58H40N2. The van der Waals surface area contributed by atoms with Gasteiger partial charge < -0.3 is 9.47 Å². The molecule has 60 heavy (non-hydrogen) atoms. The molecule has 2 nitrogen and oxygen atoms in total. The first-order valence-corrected chi connectivity index (χ1v) is 20.6. The van der Waals surface area contributed by atoms with Crippen molar-refractivity contribution in [2.24, 2.45) is 0 Å². The lowest BCUT2D eigenvalue weighted by molar-refractivity contribution is 1.18. The molecule has 0 aliphatic heterocycles. The van der Waals surface area contributed by atoms with E-state index in [-0.39, 0.29) is 0 Å². The number of para-hydroxylation sites is 2. The molecule has 0 spiro atoms. The number of nitrogens with zero attached hydrogens (tertiary/aromatic N) is 2. The molecule has 0 amide bonds. The van der Waals surface area contributed by atoms with Gasteiger partial charge in [-0.2, -0.15) is 0 Å². The molecule has 11 rings (SSSR count). The fourth-order valence-corrected chi connectivity index (χ4v) is 8.99. The third kappa shape index (κ3) is 6.23. The quantitative estimate of drug-likeness (QED) is 0.150. The molecule has 0 radical (unpaired) electrons. The molecule has 11 aromatic rings. The predicted octanol–water partition coefficient (Wildman–Crippen LogP) is 16.1. The Morgan fingerprint density at radius 3 is 1.55 bits per heavy atom. The minimum Gasteiger partial charge on any atom is -0.310 e. The summed E-state index contributed by atoms with van der Waals surface area (Å²) in [5.41, 5.74) is 16.3. The van der Waals surface area contributed by atoms with Crippen LogP contribution in [0.15, 0.2) is 243 Å². The SMILES string of the molecule is c1ccc(-c2ccc(N(c3ccc(-c4ccccc4)c(-c4cccc5ccccc45)c3)c3ccc4c5ccccc5n(-c5ccccc5-c5ccccc5)c4c3)cc2)cc1. The van der Waals surface area contributed by atoms with Crippen molar-refractivity contribution in [2.45, 2.75) is 0 Å². The van der Waals surface area contributed by atoms with Crippen LogP contribution in [-0.4, -0.2) is 4.57 Å². The van der Waals surface area contributed by atoms with E-state index in [2.05, 4.69) is 252 Å². The van der Waals surface area contributed by atoms with E-state index in [1.807, 2.05) is 0 Å². The highest BCUT2D eigenvalue weighted by molar-refractivity contribution is 6.11. The van der Waals surface area contributed by atoms with E-state index in [1.165, 1.54) is 71.6 Å². The lowest BCUT2D eigenvalue weighted by Crippen LogP contribution is -2.10. The second-order valence-electron chi connectivity index (χ2n) is 15.3. The average molecular weight is 765 g/mol. The molecule has 282 valence electrons. The lowest BCUT2D eigenvalue weighted by atomic mass is 9.90. The van der Waals surface area contributed by atoms with Gasteiger partial charge in [0.15, 0.2) is 0 Å². The van der Waals surface area contributed by atoms with E-state index in [4.69, 9.17) is 0 Å². The van der Waals surface area contributed by atoms with Gasteiger partial charge in [-0.25, -0.2) is 0 Å². The summed E-state index contributed by atoms with van der Waals surface area (Å²) in [4.78, 5) is 2.42. The Balaban J connectivity index is 1.16. The van der Waals surface area contributed by atoms with Crippen LogP contribution < -0.4 is 4.90 Å². The van der Waals surface area contributed by atoms with Crippen molar-refractivity contribution in [2.75, 3.05) is 4.90 Å². The van der Waals surface area contributed by atoms with Crippen molar-refractivity contribution in [3.8, 4) is 50.2 Å². The van der Waals surface area contributed by atoms with Crippen molar-refractivity contribution in [1.82, 2.24) is 4.57 Å².